The monoisotopic (exact) mass is 368 g/mol. The fraction of sp³-hybridized carbons (Fsp3) is 0.300. The van der Waals surface area contributed by atoms with E-state index < -0.39 is 0 Å². The second kappa shape index (κ2) is 7.33. The lowest BCUT2D eigenvalue weighted by Crippen LogP contribution is -2.27. The van der Waals surface area contributed by atoms with Crippen LogP contribution in [0.5, 0.6) is 5.75 Å². The van der Waals surface area contributed by atoms with Crippen molar-refractivity contribution < 1.29 is 14.1 Å². The number of thiophene rings is 1. The quantitative estimate of drug-likeness (QED) is 0.717. The molecule has 0 bridgehead atoms. The summed E-state index contributed by atoms with van der Waals surface area (Å²) in [5.74, 6) is 1.45. The summed E-state index contributed by atoms with van der Waals surface area (Å²) in [6, 6.07) is 9.98. The van der Waals surface area contributed by atoms with Gasteiger partial charge in [0.25, 0.3) is 5.91 Å². The molecule has 1 aliphatic rings. The van der Waals surface area contributed by atoms with Gasteiger partial charge in [-0.1, -0.05) is 17.3 Å². The molecule has 0 saturated heterocycles. The van der Waals surface area contributed by atoms with Gasteiger partial charge in [0.1, 0.15) is 5.75 Å². The molecule has 0 saturated carbocycles. The topological polar surface area (TPSA) is 64.4 Å². The van der Waals surface area contributed by atoms with E-state index in [4.69, 9.17) is 9.26 Å². The van der Waals surface area contributed by atoms with Crippen LogP contribution in [0.4, 0.5) is 0 Å². The van der Waals surface area contributed by atoms with Crippen molar-refractivity contribution in [3.05, 3.63) is 57.4 Å². The van der Waals surface area contributed by atoms with Crippen LogP contribution in [-0.4, -0.2) is 24.2 Å². The van der Waals surface area contributed by atoms with Crippen molar-refractivity contribution in [1.82, 2.24) is 10.5 Å². The fourth-order valence-electron chi connectivity index (χ4n) is 3.23. The number of carbonyl (C=O) groups is 1. The minimum Gasteiger partial charge on any atom is -0.494 e. The molecule has 0 aliphatic heterocycles. The van der Waals surface area contributed by atoms with Crippen LogP contribution < -0.4 is 10.1 Å². The van der Waals surface area contributed by atoms with Crippen LogP contribution >= 0.6 is 11.3 Å². The Kier molecular flexibility index (Phi) is 4.75. The number of rotatable bonds is 6. The molecule has 0 unspecified atom stereocenters. The molecule has 26 heavy (non-hydrogen) atoms. The molecular weight excluding hydrogens is 348 g/mol. The molecule has 1 N–H and O–H groups in total. The second-order valence-corrected chi connectivity index (χ2v) is 7.18. The summed E-state index contributed by atoms with van der Waals surface area (Å²) in [5.41, 5.74) is 3.58. The van der Waals surface area contributed by atoms with Gasteiger partial charge in [-0.15, -0.1) is 11.3 Å². The van der Waals surface area contributed by atoms with Crippen LogP contribution in [0.15, 0.2) is 40.2 Å². The molecule has 5 nitrogen and oxygen atoms in total. The number of nitrogens with zero attached hydrogens (tertiary/aromatic N) is 1. The van der Waals surface area contributed by atoms with Crippen molar-refractivity contribution in [3.8, 4) is 17.1 Å². The van der Waals surface area contributed by atoms with Gasteiger partial charge in [-0.25, -0.2) is 0 Å². The first kappa shape index (κ1) is 16.8. The van der Waals surface area contributed by atoms with Crippen LogP contribution in [0.25, 0.3) is 11.3 Å². The largest absolute Gasteiger partial charge is 0.494 e. The van der Waals surface area contributed by atoms with Gasteiger partial charge >= 0.3 is 0 Å². The van der Waals surface area contributed by atoms with Crippen molar-refractivity contribution >= 4 is 17.2 Å². The average Bonchev–Trinajstić information content (AvgIpc) is 3.29. The Morgan fingerprint density at radius 1 is 1.27 bits per heavy atom. The number of carbonyl (C=O) groups excluding carboxylic acids is 1. The maximum absolute atomic E-state index is 12.5. The minimum atomic E-state index is -0.167. The number of hydrogen-bond donors (Lipinski definition) is 1. The minimum absolute atomic E-state index is 0.167. The molecule has 2 heterocycles. The molecule has 1 aliphatic carbocycles. The molecule has 0 spiro atoms. The lowest BCUT2D eigenvalue weighted by molar-refractivity contribution is 0.0944. The predicted molar refractivity (Wildman–Crippen MR) is 101 cm³/mol. The first-order valence-corrected chi connectivity index (χ1v) is 9.69. The lowest BCUT2D eigenvalue weighted by Gasteiger charge is -2.10. The normalized spacial score (nSPS) is 12.3. The highest BCUT2D eigenvalue weighted by Crippen LogP contribution is 2.37. The summed E-state index contributed by atoms with van der Waals surface area (Å²) in [6.45, 7) is 3.17. The third-order valence-electron chi connectivity index (χ3n) is 4.53. The van der Waals surface area contributed by atoms with Gasteiger partial charge in [0.15, 0.2) is 11.5 Å². The second-order valence-electron chi connectivity index (χ2n) is 6.18. The van der Waals surface area contributed by atoms with Crippen molar-refractivity contribution in [1.29, 1.82) is 0 Å². The van der Waals surface area contributed by atoms with Gasteiger partial charge in [0.05, 0.1) is 6.61 Å². The van der Waals surface area contributed by atoms with Crippen molar-refractivity contribution in [2.45, 2.75) is 26.2 Å². The Hall–Kier alpha value is -2.60. The van der Waals surface area contributed by atoms with Gasteiger partial charge in [-0.3, -0.25) is 4.79 Å². The van der Waals surface area contributed by atoms with E-state index in [0.29, 0.717) is 18.8 Å². The van der Waals surface area contributed by atoms with Crippen LogP contribution in [0, 0.1) is 0 Å². The molecule has 0 fully saturated rings. The Morgan fingerprint density at radius 2 is 2.12 bits per heavy atom. The molecule has 1 amide bonds. The zero-order valence-corrected chi connectivity index (χ0v) is 15.4. The highest BCUT2D eigenvalue weighted by Gasteiger charge is 2.28. The molecular formula is C20H20N2O3S. The highest BCUT2D eigenvalue weighted by atomic mass is 32.1. The third kappa shape index (κ3) is 3.24. The third-order valence-corrected chi connectivity index (χ3v) is 5.51. The maximum atomic E-state index is 12.5. The SMILES string of the molecule is CCOc1ccc(CCNC(=O)c2noc3c2CCc2sccc2-3)cc1. The Balaban J connectivity index is 1.38. The first-order valence-electron chi connectivity index (χ1n) is 8.81. The number of benzene rings is 1. The zero-order valence-electron chi connectivity index (χ0n) is 14.6. The number of ether oxygens (including phenoxy) is 1. The summed E-state index contributed by atoms with van der Waals surface area (Å²) in [7, 11) is 0. The van der Waals surface area contributed by atoms with Crippen LogP contribution in [0.1, 0.15) is 33.4 Å². The van der Waals surface area contributed by atoms with Gasteiger partial charge in [-0.2, -0.15) is 0 Å². The van der Waals surface area contributed by atoms with E-state index in [1.54, 1.807) is 11.3 Å². The summed E-state index contributed by atoms with van der Waals surface area (Å²) in [4.78, 5) is 13.8. The molecule has 0 radical (unpaired) electrons. The van der Waals surface area contributed by atoms with Crippen LogP contribution in [-0.2, 0) is 19.3 Å². The van der Waals surface area contributed by atoms with E-state index in [1.807, 2.05) is 37.3 Å². The van der Waals surface area contributed by atoms with E-state index in [-0.39, 0.29) is 5.91 Å². The Bertz CT molecular complexity index is 912. The summed E-state index contributed by atoms with van der Waals surface area (Å²) in [5, 5.41) is 9.04. The Labute approximate surface area is 156 Å². The number of nitrogens with one attached hydrogen (secondary N) is 1. The van der Waals surface area contributed by atoms with Crippen molar-refractivity contribution in [3.63, 3.8) is 0 Å². The first-order chi connectivity index (χ1) is 12.8. The number of fused-ring (bicyclic) bond motifs is 3. The van der Waals surface area contributed by atoms with Crippen LogP contribution in [0.2, 0.25) is 0 Å². The van der Waals surface area contributed by atoms with Crippen molar-refractivity contribution in [2.75, 3.05) is 13.2 Å². The van der Waals surface area contributed by atoms with E-state index >= 15 is 0 Å². The zero-order chi connectivity index (χ0) is 17.9. The van der Waals surface area contributed by atoms with E-state index in [9.17, 15) is 4.79 Å². The molecule has 2 aromatic heterocycles. The molecule has 4 rings (SSSR count). The Morgan fingerprint density at radius 3 is 2.92 bits per heavy atom. The summed E-state index contributed by atoms with van der Waals surface area (Å²) >= 11 is 1.72. The van der Waals surface area contributed by atoms with E-state index in [1.165, 1.54) is 4.88 Å². The number of amides is 1. The maximum Gasteiger partial charge on any atom is 0.273 e. The molecule has 6 heteroatoms. The molecule has 134 valence electrons. The predicted octanol–water partition coefficient (Wildman–Crippen LogP) is 3.87. The van der Waals surface area contributed by atoms with Gasteiger partial charge in [0.2, 0.25) is 0 Å². The number of aryl methyl sites for hydroxylation is 1. The number of aromatic nitrogens is 1. The standard InChI is InChI=1S/C20H20N2O3S/c1-2-24-14-5-3-13(4-6-14)9-11-21-20(23)18-16-7-8-17-15(10-12-26-17)19(16)25-22-18/h3-6,10,12H,2,7-9,11H2,1H3,(H,21,23). The van der Waals surface area contributed by atoms with E-state index in [2.05, 4.69) is 15.9 Å². The summed E-state index contributed by atoms with van der Waals surface area (Å²) in [6.07, 6.45) is 2.49. The highest BCUT2D eigenvalue weighted by molar-refractivity contribution is 7.10. The van der Waals surface area contributed by atoms with E-state index in [0.717, 1.165) is 47.5 Å². The number of hydrogen-bond acceptors (Lipinski definition) is 5. The van der Waals surface area contributed by atoms with Crippen molar-refractivity contribution in [2.24, 2.45) is 0 Å². The van der Waals surface area contributed by atoms with Gasteiger partial charge in [-0.05, 0) is 55.3 Å². The van der Waals surface area contributed by atoms with Crippen LogP contribution in [0.3, 0.4) is 0 Å². The fourth-order valence-corrected chi connectivity index (χ4v) is 4.11. The molecule has 0 atom stereocenters. The summed E-state index contributed by atoms with van der Waals surface area (Å²) < 4.78 is 10.9. The van der Waals surface area contributed by atoms with Gasteiger partial charge < -0.3 is 14.6 Å². The average molecular weight is 368 g/mol. The molecule has 3 aromatic rings. The van der Waals surface area contributed by atoms with Gasteiger partial charge in [0, 0.05) is 22.5 Å². The smallest absolute Gasteiger partial charge is 0.273 e. The lowest BCUT2D eigenvalue weighted by atomic mass is 9.95. The molecule has 1 aromatic carbocycles.